The van der Waals surface area contributed by atoms with Crippen molar-refractivity contribution in [3.63, 3.8) is 0 Å². The molecule has 0 aromatic heterocycles. The SMILES string of the molecule is O=C(O)/C=C/c1ccc(Cl)cc1Oc1cc(Cl)ccc1Cl. The predicted molar refractivity (Wildman–Crippen MR) is 84.7 cm³/mol. The van der Waals surface area contributed by atoms with Gasteiger partial charge >= 0.3 is 5.97 Å². The van der Waals surface area contributed by atoms with Crippen molar-refractivity contribution in [2.24, 2.45) is 0 Å². The van der Waals surface area contributed by atoms with Gasteiger partial charge in [-0.2, -0.15) is 0 Å². The molecule has 1 N–H and O–H groups in total. The van der Waals surface area contributed by atoms with Gasteiger partial charge in [0.05, 0.1) is 5.02 Å². The smallest absolute Gasteiger partial charge is 0.328 e. The minimum Gasteiger partial charge on any atom is -0.478 e. The number of aliphatic carboxylic acids is 1. The molecule has 0 atom stereocenters. The van der Waals surface area contributed by atoms with E-state index in [9.17, 15) is 4.79 Å². The minimum absolute atomic E-state index is 0.358. The molecule has 2 aromatic carbocycles. The first-order valence-electron chi connectivity index (χ1n) is 5.79. The summed E-state index contributed by atoms with van der Waals surface area (Å²) in [7, 11) is 0. The van der Waals surface area contributed by atoms with E-state index in [0.717, 1.165) is 6.08 Å². The molecule has 0 bridgehead atoms. The second-order valence-electron chi connectivity index (χ2n) is 4.03. The number of halogens is 3. The molecule has 0 aliphatic carbocycles. The maximum absolute atomic E-state index is 10.6. The second kappa shape index (κ2) is 6.85. The van der Waals surface area contributed by atoms with E-state index in [1.165, 1.54) is 6.08 Å². The van der Waals surface area contributed by atoms with Gasteiger partial charge in [-0.05, 0) is 30.3 Å². The standard InChI is InChI=1S/C15H9Cl3O3/c16-10-3-1-9(2-6-15(19)20)13(7-10)21-14-8-11(17)4-5-12(14)18/h1-8H,(H,19,20)/b6-2+. The molecule has 6 heteroatoms. The highest BCUT2D eigenvalue weighted by Gasteiger charge is 2.08. The third kappa shape index (κ3) is 4.39. The summed E-state index contributed by atoms with van der Waals surface area (Å²) in [6.45, 7) is 0. The van der Waals surface area contributed by atoms with Crippen molar-refractivity contribution in [1.29, 1.82) is 0 Å². The number of hydrogen-bond donors (Lipinski definition) is 1. The maximum atomic E-state index is 10.6. The Hall–Kier alpha value is -1.68. The zero-order valence-electron chi connectivity index (χ0n) is 10.5. The Kier molecular flexibility index (Phi) is 5.12. The summed E-state index contributed by atoms with van der Waals surface area (Å²) in [6, 6.07) is 9.66. The van der Waals surface area contributed by atoms with Gasteiger partial charge in [-0.3, -0.25) is 0 Å². The molecule has 2 rings (SSSR count). The molecular weight excluding hydrogens is 335 g/mol. The van der Waals surface area contributed by atoms with Crippen LogP contribution in [0.5, 0.6) is 11.5 Å². The highest BCUT2D eigenvalue weighted by Crippen LogP contribution is 2.35. The fraction of sp³-hybridized carbons (Fsp3) is 0. The van der Waals surface area contributed by atoms with Gasteiger partial charge in [-0.25, -0.2) is 4.79 Å². The summed E-state index contributed by atoms with van der Waals surface area (Å²) in [5.41, 5.74) is 0.554. The van der Waals surface area contributed by atoms with Crippen LogP contribution >= 0.6 is 34.8 Å². The van der Waals surface area contributed by atoms with Crippen molar-refractivity contribution < 1.29 is 14.6 Å². The van der Waals surface area contributed by atoms with Crippen LogP contribution in [0.1, 0.15) is 5.56 Å². The quantitative estimate of drug-likeness (QED) is 0.742. The highest BCUT2D eigenvalue weighted by atomic mass is 35.5. The first kappa shape index (κ1) is 15.7. The average Bonchev–Trinajstić information content (AvgIpc) is 2.42. The number of carboxylic acids is 1. The first-order valence-corrected chi connectivity index (χ1v) is 6.92. The summed E-state index contributed by atoms with van der Waals surface area (Å²) < 4.78 is 5.69. The normalized spacial score (nSPS) is 10.8. The predicted octanol–water partition coefficient (Wildman–Crippen LogP) is 5.54. The lowest BCUT2D eigenvalue weighted by Crippen LogP contribution is -1.90. The summed E-state index contributed by atoms with van der Waals surface area (Å²) in [6.07, 6.45) is 2.42. The Morgan fingerprint density at radius 1 is 1.00 bits per heavy atom. The molecule has 2 aromatic rings. The number of rotatable bonds is 4. The van der Waals surface area contributed by atoms with E-state index in [2.05, 4.69) is 0 Å². The number of carbonyl (C=O) groups is 1. The highest BCUT2D eigenvalue weighted by molar-refractivity contribution is 6.34. The number of hydrogen-bond acceptors (Lipinski definition) is 2. The molecular formula is C15H9Cl3O3. The molecule has 0 amide bonds. The molecule has 0 aliphatic heterocycles. The Labute approximate surface area is 136 Å². The van der Waals surface area contributed by atoms with E-state index in [0.29, 0.717) is 32.1 Å². The van der Waals surface area contributed by atoms with Crippen molar-refractivity contribution in [3.8, 4) is 11.5 Å². The van der Waals surface area contributed by atoms with Crippen LogP contribution in [-0.2, 0) is 4.79 Å². The number of carboxylic acid groups (broad SMARTS) is 1. The van der Waals surface area contributed by atoms with Crippen molar-refractivity contribution in [2.75, 3.05) is 0 Å². The fourth-order valence-corrected chi connectivity index (χ4v) is 2.05. The molecule has 21 heavy (non-hydrogen) atoms. The molecule has 0 saturated heterocycles. The molecule has 108 valence electrons. The molecule has 0 fully saturated rings. The lowest BCUT2D eigenvalue weighted by molar-refractivity contribution is -0.131. The Morgan fingerprint density at radius 2 is 1.62 bits per heavy atom. The molecule has 0 aliphatic rings. The van der Waals surface area contributed by atoms with Crippen LogP contribution in [0.15, 0.2) is 42.5 Å². The van der Waals surface area contributed by atoms with E-state index in [1.807, 2.05) is 0 Å². The van der Waals surface area contributed by atoms with Gasteiger partial charge in [0.2, 0.25) is 0 Å². The number of ether oxygens (including phenoxy) is 1. The lowest BCUT2D eigenvalue weighted by atomic mass is 10.2. The zero-order chi connectivity index (χ0) is 15.4. The Morgan fingerprint density at radius 3 is 2.29 bits per heavy atom. The van der Waals surface area contributed by atoms with E-state index < -0.39 is 5.97 Å². The van der Waals surface area contributed by atoms with E-state index in [1.54, 1.807) is 36.4 Å². The zero-order valence-corrected chi connectivity index (χ0v) is 12.8. The Balaban J connectivity index is 2.40. The monoisotopic (exact) mass is 342 g/mol. The second-order valence-corrected chi connectivity index (χ2v) is 5.31. The van der Waals surface area contributed by atoms with E-state index in [-0.39, 0.29) is 0 Å². The minimum atomic E-state index is -1.06. The van der Waals surface area contributed by atoms with Crippen LogP contribution < -0.4 is 4.74 Å². The van der Waals surface area contributed by atoms with Crippen LogP contribution in [-0.4, -0.2) is 11.1 Å². The van der Waals surface area contributed by atoms with Gasteiger partial charge in [0.1, 0.15) is 11.5 Å². The van der Waals surface area contributed by atoms with Crippen LogP contribution in [0.3, 0.4) is 0 Å². The van der Waals surface area contributed by atoms with Crippen LogP contribution in [0.25, 0.3) is 6.08 Å². The lowest BCUT2D eigenvalue weighted by Gasteiger charge is -2.11. The Bertz CT molecular complexity index is 711. The van der Waals surface area contributed by atoms with Gasteiger partial charge in [-0.1, -0.05) is 34.8 Å². The van der Waals surface area contributed by atoms with Gasteiger partial charge in [-0.15, -0.1) is 0 Å². The van der Waals surface area contributed by atoms with Crippen LogP contribution in [0.4, 0.5) is 0 Å². The van der Waals surface area contributed by atoms with Gasteiger partial charge in [0, 0.05) is 33.8 Å². The van der Waals surface area contributed by atoms with Crippen molar-refractivity contribution in [3.05, 3.63) is 63.1 Å². The molecule has 0 unspecified atom stereocenters. The first-order chi connectivity index (χ1) is 9.95. The summed E-state index contributed by atoms with van der Waals surface area (Å²) in [5.74, 6) is -0.322. The van der Waals surface area contributed by atoms with Gasteiger partial charge < -0.3 is 9.84 Å². The van der Waals surface area contributed by atoms with E-state index in [4.69, 9.17) is 44.6 Å². The molecule has 0 saturated carbocycles. The topological polar surface area (TPSA) is 46.5 Å². The maximum Gasteiger partial charge on any atom is 0.328 e. The van der Waals surface area contributed by atoms with Crippen molar-refractivity contribution in [2.45, 2.75) is 0 Å². The fourth-order valence-electron chi connectivity index (χ4n) is 1.57. The average molecular weight is 344 g/mol. The summed E-state index contributed by atoms with van der Waals surface area (Å²) in [5, 5.41) is 10.0. The van der Waals surface area contributed by atoms with Gasteiger partial charge in [0.25, 0.3) is 0 Å². The van der Waals surface area contributed by atoms with Gasteiger partial charge in [0.15, 0.2) is 0 Å². The molecule has 3 nitrogen and oxygen atoms in total. The van der Waals surface area contributed by atoms with Crippen LogP contribution in [0.2, 0.25) is 15.1 Å². The van der Waals surface area contributed by atoms with Crippen LogP contribution in [0, 0.1) is 0 Å². The summed E-state index contributed by atoms with van der Waals surface area (Å²) >= 11 is 17.9. The molecule has 0 radical (unpaired) electrons. The van der Waals surface area contributed by atoms with Crippen molar-refractivity contribution >= 4 is 46.8 Å². The number of benzene rings is 2. The molecule has 0 heterocycles. The van der Waals surface area contributed by atoms with Crippen molar-refractivity contribution in [1.82, 2.24) is 0 Å². The molecule has 0 spiro atoms. The third-order valence-corrected chi connectivity index (χ3v) is 3.28. The van der Waals surface area contributed by atoms with E-state index >= 15 is 0 Å². The summed E-state index contributed by atoms with van der Waals surface area (Å²) in [4.78, 5) is 10.6. The third-order valence-electron chi connectivity index (χ3n) is 2.49. The largest absolute Gasteiger partial charge is 0.478 e.